The molecule has 0 saturated carbocycles. The van der Waals surface area contributed by atoms with Gasteiger partial charge in [-0.05, 0) is 0 Å². The Kier molecular flexibility index (Phi) is 229. The van der Waals surface area contributed by atoms with Crippen LogP contribution < -0.4 is 0 Å². The smallest absolute Gasteiger partial charge is 0.418 e. The van der Waals surface area contributed by atoms with Crippen LogP contribution in [0, 0.1) is 0 Å². The summed E-state index contributed by atoms with van der Waals surface area (Å²) in [6.45, 7) is 0. The quantitative estimate of drug-likeness (QED) is 0.304. The second-order valence-electron chi connectivity index (χ2n) is 0.495. The molecule has 12 heteroatoms. The molecule has 0 aromatic heterocycles. The van der Waals surface area contributed by atoms with Crippen LogP contribution in [-0.2, 0) is 16.5 Å². The fourth-order valence-electron chi connectivity index (χ4n) is 0. The zero-order valence-electron chi connectivity index (χ0n) is 5.41. The van der Waals surface area contributed by atoms with E-state index in [1.54, 1.807) is 0 Å². The first-order chi connectivity index (χ1) is 2.00. The molecule has 12 heavy (non-hydrogen) atoms. The van der Waals surface area contributed by atoms with E-state index in [1.807, 2.05) is 0 Å². The molecule has 0 aromatic rings. The van der Waals surface area contributed by atoms with Gasteiger partial charge in [-0.2, -0.15) is 0 Å². The minimum Gasteiger partial charge on any atom is -0.418 e. The van der Waals surface area contributed by atoms with Crippen LogP contribution in [0.4, 0.5) is 17.3 Å². The van der Waals surface area contributed by atoms with E-state index in [0.29, 0.717) is 0 Å². The molecule has 0 aliphatic carbocycles. The normalized spacial score (nSPS) is 5.00. The van der Waals surface area contributed by atoms with Crippen LogP contribution in [0.1, 0.15) is 0 Å². The predicted octanol–water partition coefficient (Wildman–Crippen LogP) is -3.65. The Bertz CT molecular complexity index is 35.0. The van der Waals surface area contributed by atoms with Gasteiger partial charge < -0.3 is 50.1 Å². The van der Waals surface area contributed by atoms with E-state index < -0.39 is 7.25 Å². The molecule has 0 aromatic carbocycles. The summed E-state index contributed by atoms with van der Waals surface area (Å²) in [5, 5.41) is 0. The van der Waals surface area contributed by atoms with Gasteiger partial charge in [0.2, 0.25) is 0 Å². The monoisotopic (exact) mass is 253 g/mol. The van der Waals surface area contributed by atoms with E-state index in [2.05, 4.69) is 0 Å². The molecule has 0 atom stereocenters. The fraction of sp³-hybridized carbons (Fsp3) is 0. The predicted molar refractivity (Wildman–Crippen MR) is 31.9 cm³/mol. The third kappa shape index (κ3) is 555000. The first-order valence-electron chi connectivity index (χ1n) is 0.873. The van der Waals surface area contributed by atoms with Gasteiger partial charge in [-0.25, -0.2) is 0 Å². The van der Waals surface area contributed by atoms with Crippen LogP contribution in [0.15, 0.2) is 0 Å². The van der Waals surface area contributed by atoms with Gasteiger partial charge in [0.1, 0.15) is 0 Å². The van der Waals surface area contributed by atoms with Gasteiger partial charge in [-0.3, -0.25) is 0 Å². The Morgan fingerprint density at radius 2 is 0.500 bits per heavy atom. The van der Waals surface area contributed by atoms with Gasteiger partial charge in [-0.1, -0.05) is 0 Å². The standard InChI is InChI=1S/BF4.Ni.6H2O/c2-1(3,4)5;;;;;;;/h;;6*1H2/q-1;;;;;;;. The second-order valence-corrected chi connectivity index (χ2v) is 0.495. The van der Waals surface area contributed by atoms with Crippen molar-refractivity contribution >= 4 is 7.25 Å². The van der Waals surface area contributed by atoms with Gasteiger partial charge in [-0.15, -0.1) is 0 Å². The van der Waals surface area contributed by atoms with E-state index in [0.717, 1.165) is 0 Å². The maximum absolute atomic E-state index is 9.75. The van der Waals surface area contributed by atoms with Gasteiger partial charge in [0.25, 0.3) is 0 Å². The molecule has 6 nitrogen and oxygen atoms in total. The Morgan fingerprint density at radius 1 is 0.500 bits per heavy atom. The largest absolute Gasteiger partial charge is 0.673 e. The molecule has 0 radical (unpaired) electrons. The Balaban J connectivity index is -0.00000000381. The molecule has 0 spiro atoms. The van der Waals surface area contributed by atoms with Crippen LogP contribution >= 0.6 is 0 Å². The summed E-state index contributed by atoms with van der Waals surface area (Å²) in [6.07, 6.45) is 0. The van der Waals surface area contributed by atoms with Crippen molar-refractivity contribution in [2.24, 2.45) is 0 Å². The van der Waals surface area contributed by atoms with Crippen molar-refractivity contribution in [3.63, 3.8) is 0 Å². The number of rotatable bonds is 0. The van der Waals surface area contributed by atoms with Crippen molar-refractivity contribution in [3.05, 3.63) is 0 Å². The molecule has 0 bridgehead atoms. The molecule has 0 fully saturated rings. The molecule has 0 aliphatic heterocycles. The zero-order valence-corrected chi connectivity index (χ0v) is 6.39. The first kappa shape index (κ1) is 89.9. The SMILES string of the molecule is F[B-](F)(F)F.O.O.O.O.O.O.[Ni]. The minimum atomic E-state index is -6.00. The van der Waals surface area contributed by atoms with Crippen LogP contribution in [0.2, 0.25) is 0 Å². The molecule has 90 valence electrons. The van der Waals surface area contributed by atoms with Crippen LogP contribution in [0.5, 0.6) is 0 Å². The van der Waals surface area contributed by atoms with Crippen molar-refractivity contribution in [1.82, 2.24) is 0 Å². The Labute approximate surface area is 74.8 Å². The molecule has 0 unspecified atom stereocenters. The second kappa shape index (κ2) is 30.5. The summed E-state index contributed by atoms with van der Waals surface area (Å²) in [5.41, 5.74) is 0. The summed E-state index contributed by atoms with van der Waals surface area (Å²) < 4.78 is 39.0. The minimum absolute atomic E-state index is 0. The summed E-state index contributed by atoms with van der Waals surface area (Å²) in [4.78, 5) is 0. The molecule has 0 saturated heterocycles. The number of hydrogen-bond acceptors (Lipinski definition) is 0. The van der Waals surface area contributed by atoms with E-state index in [1.165, 1.54) is 0 Å². The average Bonchev–Trinajstić information content (AvgIpc) is 0.722. The van der Waals surface area contributed by atoms with Crippen molar-refractivity contribution in [2.75, 3.05) is 0 Å². The molecular formula is H12BF4NiO6-. The maximum Gasteiger partial charge on any atom is 0.673 e. The average molecular weight is 254 g/mol. The molecule has 0 aliphatic rings. The van der Waals surface area contributed by atoms with Crippen molar-refractivity contribution < 1.29 is 66.6 Å². The van der Waals surface area contributed by atoms with E-state index in [9.17, 15) is 17.3 Å². The summed E-state index contributed by atoms with van der Waals surface area (Å²) >= 11 is 0. The van der Waals surface area contributed by atoms with E-state index in [4.69, 9.17) is 0 Å². The number of hydrogen-bond donors (Lipinski definition) is 0. The summed E-state index contributed by atoms with van der Waals surface area (Å²) in [6, 6.07) is 0. The van der Waals surface area contributed by atoms with Crippen LogP contribution in [-0.4, -0.2) is 40.1 Å². The maximum atomic E-state index is 9.75. The van der Waals surface area contributed by atoms with Gasteiger partial charge in [0.15, 0.2) is 0 Å². The van der Waals surface area contributed by atoms with Crippen LogP contribution in [0.25, 0.3) is 0 Å². The topological polar surface area (TPSA) is 189 Å². The van der Waals surface area contributed by atoms with E-state index >= 15 is 0 Å². The third-order valence-electron chi connectivity index (χ3n) is 0. The van der Waals surface area contributed by atoms with E-state index in [-0.39, 0.29) is 49.3 Å². The van der Waals surface area contributed by atoms with Crippen molar-refractivity contribution in [3.8, 4) is 0 Å². The molecule has 12 N–H and O–H groups in total. The fourth-order valence-corrected chi connectivity index (χ4v) is 0. The first-order valence-corrected chi connectivity index (χ1v) is 0.873. The summed E-state index contributed by atoms with van der Waals surface area (Å²) in [5.74, 6) is 0. The van der Waals surface area contributed by atoms with Gasteiger partial charge in [0.05, 0.1) is 0 Å². The third-order valence-corrected chi connectivity index (χ3v) is 0. The zero-order chi connectivity index (χ0) is 4.50. The van der Waals surface area contributed by atoms with Crippen molar-refractivity contribution in [2.45, 2.75) is 0 Å². The Hall–Kier alpha value is 0.0384. The van der Waals surface area contributed by atoms with Crippen molar-refractivity contribution in [1.29, 1.82) is 0 Å². The van der Waals surface area contributed by atoms with Crippen LogP contribution in [0.3, 0.4) is 0 Å². The summed E-state index contributed by atoms with van der Waals surface area (Å²) in [7, 11) is -6.00. The van der Waals surface area contributed by atoms with Gasteiger partial charge >= 0.3 is 7.25 Å². The molecule has 0 heterocycles. The number of halogens is 4. The Morgan fingerprint density at radius 3 is 0.500 bits per heavy atom. The van der Waals surface area contributed by atoms with Gasteiger partial charge in [0, 0.05) is 16.5 Å². The molecule has 0 amide bonds. The molecule has 0 rings (SSSR count). The molecular weight excluding hydrogens is 241 g/mol.